The SMILES string of the molecule is COC.COc1ccc(Cc2ccc(C)cc2)cc1.O=C1c2ccccc2C(=O)N1c1ccc(Cc2ccc(N3C(=O)c4ccccc4C3=O)cc2)cc1. The van der Waals surface area contributed by atoms with Crippen molar-refractivity contribution in [2.24, 2.45) is 0 Å². The Kier molecular flexibility index (Phi) is 11.5. The fourth-order valence-corrected chi connectivity index (χ4v) is 6.29. The van der Waals surface area contributed by atoms with E-state index in [1.54, 1.807) is 94.1 Å². The number of aryl methyl sites for hydroxylation is 1. The summed E-state index contributed by atoms with van der Waals surface area (Å²) in [6.07, 6.45) is 1.59. The molecule has 0 radical (unpaired) electrons. The number of imide groups is 2. The number of methoxy groups -OCH3 is 2. The van der Waals surface area contributed by atoms with E-state index in [1.165, 1.54) is 26.5 Å². The second-order valence-corrected chi connectivity index (χ2v) is 12.9. The standard InChI is InChI=1S/C29H18N2O4.C15H16O.C2H6O/c32-26-22-5-1-2-6-23(22)27(33)30(26)20-13-9-18(10-14-20)17-19-11-15-21(16-12-19)31-28(34)24-7-3-4-8-25(24)29(31)35;1-12-3-5-13(6-4-12)11-14-7-9-15(16-2)10-8-14;1-3-2/h1-16H,17H2;3-10H,11H2,1-2H3;1-2H3. The molecule has 0 unspecified atom stereocenters. The van der Waals surface area contributed by atoms with Crippen molar-refractivity contribution in [3.05, 3.63) is 196 Å². The van der Waals surface area contributed by atoms with Gasteiger partial charge in [-0.3, -0.25) is 19.2 Å². The monoisotopic (exact) mass is 716 g/mol. The smallest absolute Gasteiger partial charge is 0.266 e. The van der Waals surface area contributed by atoms with Crippen molar-refractivity contribution in [1.82, 2.24) is 0 Å². The Labute approximate surface area is 315 Å². The second-order valence-electron chi connectivity index (χ2n) is 12.9. The van der Waals surface area contributed by atoms with Crippen LogP contribution in [0.15, 0.2) is 146 Å². The van der Waals surface area contributed by atoms with Gasteiger partial charge in [-0.15, -0.1) is 0 Å². The number of hydrogen-bond donors (Lipinski definition) is 0. The molecule has 0 aromatic heterocycles. The number of amides is 4. The summed E-state index contributed by atoms with van der Waals surface area (Å²) in [6.45, 7) is 2.11. The van der Waals surface area contributed by atoms with Gasteiger partial charge in [0.1, 0.15) is 5.75 Å². The molecule has 2 aliphatic rings. The normalized spacial score (nSPS) is 12.7. The Hall–Kier alpha value is -6.64. The molecular formula is C46H40N2O6. The minimum Gasteiger partial charge on any atom is -0.497 e. The number of carbonyl (C=O) groups is 4. The van der Waals surface area contributed by atoms with Crippen molar-refractivity contribution < 1.29 is 28.7 Å². The first-order valence-electron chi connectivity index (χ1n) is 17.4. The van der Waals surface area contributed by atoms with E-state index in [4.69, 9.17) is 4.74 Å². The van der Waals surface area contributed by atoms with Crippen LogP contribution in [-0.4, -0.2) is 45.0 Å². The maximum absolute atomic E-state index is 12.7. The lowest BCUT2D eigenvalue weighted by Gasteiger charge is -2.15. The number of fused-ring (bicyclic) bond motifs is 2. The van der Waals surface area contributed by atoms with E-state index >= 15 is 0 Å². The number of nitrogens with zero attached hydrogens (tertiary/aromatic N) is 2. The van der Waals surface area contributed by atoms with Crippen LogP contribution < -0.4 is 14.5 Å². The molecule has 270 valence electrons. The zero-order valence-electron chi connectivity index (χ0n) is 30.6. The van der Waals surface area contributed by atoms with Crippen molar-refractivity contribution in [2.75, 3.05) is 31.1 Å². The molecular weight excluding hydrogens is 677 g/mol. The minimum absolute atomic E-state index is 0.318. The molecule has 0 bridgehead atoms. The third-order valence-electron chi connectivity index (χ3n) is 9.07. The van der Waals surface area contributed by atoms with Crippen molar-refractivity contribution in [3.63, 3.8) is 0 Å². The Morgan fingerprint density at radius 1 is 0.407 bits per heavy atom. The highest BCUT2D eigenvalue weighted by Crippen LogP contribution is 2.30. The van der Waals surface area contributed by atoms with Gasteiger partial charge in [0, 0.05) is 14.2 Å². The molecule has 0 aliphatic carbocycles. The summed E-state index contributed by atoms with van der Waals surface area (Å²) in [7, 11) is 4.94. The fourth-order valence-electron chi connectivity index (χ4n) is 6.29. The summed E-state index contributed by atoms with van der Waals surface area (Å²) in [6, 6.07) is 45.1. The highest BCUT2D eigenvalue weighted by Gasteiger charge is 2.37. The number of benzene rings is 6. The first-order chi connectivity index (χ1) is 26.2. The summed E-state index contributed by atoms with van der Waals surface area (Å²) in [5, 5.41) is 0. The average Bonchev–Trinajstić information content (AvgIpc) is 3.61. The van der Waals surface area contributed by atoms with Crippen molar-refractivity contribution in [3.8, 4) is 5.75 Å². The molecule has 54 heavy (non-hydrogen) atoms. The van der Waals surface area contributed by atoms with Gasteiger partial charge in [0.05, 0.1) is 40.7 Å². The van der Waals surface area contributed by atoms with Crippen LogP contribution in [0.3, 0.4) is 0 Å². The second kappa shape index (κ2) is 16.8. The van der Waals surface area contributed by atoms with Crippen LogP contribution in [0.4, 0.5) is 11.4 Å². The van der Waals surface area contributed by atoms with Crippen LogP contribution in [0.25, 0.3) is 0 Å². The van der Waals surface area contributed by atoms with Crippen molar-refractivity contribution in [1.29, 1.82) is 0 Å². The predicted molar refractivity (Wildman–Crippen MR) is 211 cm³/mol. The van der Waals surface area contributed by atoms with Gasteiger partial charge in [-0.1, -0.05) is 90.5 Å². The highest BCUT2D eigenvalue weighted by atomic mass is 16.5. The molecule has 2 heterocycles. The van der Waals surface area contributed by atoms with Crippen LogP contribution in [-0.2, 0) is 17.6 Å². The maximum Gasteiger partial charge on any atom is 0.266 e. The van der Waals surface area contributed by atoms with E-state index in [2.05, 4.69) is 48.1 Å². The lowest BCUT2D eigenvalue weighted by molar-refractivity contribution is 0.0910. The van der Waals surface area contributed by atoms with Gasteiger partial charge in [-0.05, 0) is 103 Å². The number of carbonyl (C=O) groups excluding carboxylic acids is 4. The lowest BCUT2D eigenvalue weighted by Crippen LogP contribution is -2.29. The lowest BCUT2D eigenvalue weighted by atomic mass is 10.0. The van der Waals surface area contributed by atoms with Gasteiger partial charge in [0.15, 0.2) is 0 Å². The quantitative estimate of drug-likeness (QED) is 0.154. The Morgan fingerprint density at radius 3 is 0.981 bits per heavy atom. The number of hydrogen-bond acceptors (Lipinski definition) is 6. The molecule has 6 aromatic carbocycles. The molecule has 0 atom stereocenters. The number of rotatable bonds is 7. The van der Waals surface area contributed by atoms with E-state index in [-0.39, 0.29) is 23.6 Å². The number of ether oxygens (including phenoxy) is 2. The summed E-state index contributed by atoms with van der Waals surface area (Å²) < 4.78 is 9.39. The molecule has 6 aromatic rings. The molecule has 8 heteroatoms. The van der Waals surface area contributed by atoms with Gasteiger partial charge in [-0.2, -0.15) is 0 Å². The van der Waals surface area contributed by atoms with E-state index in [0.29, 0.717) is 40.0 Å². The molecule has 0 fully saturated rings. The van der Waals surface area contributed by atoms with Gasteiger partial charge < -0.3 is 9.47 Å². The third-order valence-corrected chi connectivity index (χ3v) is 9.07. The van der Waals surface area contributed by atoms with Gasteiger partial charge >= 0.3 is 0 Å². The van der Waals surface area contributed by atoms with Crippen LogP contribution in [0.2, 0.25) is 0 Å². The van der Waals surface area contributed by atoms with E-state index in [1.807, 2.05) is 36.4 Å². The van der Waals surface area contributed by atoms with Gasteiger partial charge in [0.2, 0.25) is 0 Å². The zero-order chi connectivity index (χ0) is 38.2. The highest BCUT2D eigenvalue weighted by molar-refractivity contribution is 6.35. The molecule has 0 saturated carbocycles. The van der Waals surface area contributed by atoms with Gasteiger partial charge in [0.25, 0.3) is 23.6 Å². The topological polar surface area (TPSA) is 93.2 Å². The molecule has 2 aliphatic heterocycles. The third kappa shape index (κ3) is 8.04. The Morgan fingerprint density at radius 2 is 0.685 bits per heavy atom. The Bertz CT molecular complexity index is 2090. The molecule has 0 N–H and O–H groups in total. The molecule has 0 spiro atoms. The molecule has 8 rings (SSSR count). The van der Waals surface area contributed by atoms with Gasteiger partial charge in [-0.25, -0.2) is 9.80 Å². The fraction of sp³-hybridized carbons (Fsp3) is 0.130. The average molecular weight is 717 g/mol. The first kappa shape index (κ1) is 37.1. The van der Waals surface area contributed by atoms with E-state index in [0.717, 1.165) is 23.3 Å². The van der Waals surface area contributed by atoms with Crippen LogP contribution in [0.1, 0.15) is 69.2 Å². The molecule has 8 nitrogen and oxygen atoms in total. The van der Waals surface area contributed by atoms with E-state index in [9.17, 15) is 19.2 Å². The maximum atomic E-state index is 12.7. The molecule has 0 saturated heterocycles. The molecule has 4 amide bonds. The summed E-state index contributed by atoms with van der Waals surface area (Å²) in [4.78, 5) is 53.2. The first-order valence-corrected chi connectivity index (χ1v) is 17.4. The van der Waals surface area contributed by atoms with E-state index < -0.39 is 0 Å². The minimum atomic E-state index is -0.318. The van der Waals surface area contributed by atoms with Crippen LogP contribution in [0.5, 0.6) is 5.75 Å². The van der Waals surface area contributed by atoms with Crippen molar-refractivity contribution in [2.45, 2.75) is 19.8 Å². The summed E-state index contributed by atoms with van der Waals surface area (Å²) >= 11 is 0. The number of anilines is 2. The van der Waals surface area contributed by atoms with Crippen LogP contribution in [0, 0.1) is 6.92 Å². The predicted octanol–water partition coefficient (Wildman–Crippen LogP) is 8.74. The Balaban J connectivity index is 0.000000218. The summed E-state index contributed by atoms with van der Waals surface area (Å²) in [5.41, 5.74) is 8.68. The van der Waals surface area contributed by atoms with Crippen LogP contribution >= 0.6 is 0 Å². The summed E-state index contributed by atoms with van der Waals surface area (Å²) in [5.74, 6) is -0.360. The van der Waals surface area contributed by atoms with Crippen molar-refractivity contribution >= 4 is 35.0 Å². The largest absolute Gasteiger partial charge is 0.497 e. The zero-order valence-corrected chi connectivity index (χ0v) is 30.6.